The van der Waals surface area contributed by atoms with Gasteiger partial charge in [0.2, 0.25) is 0 Å². The minimum Gasteiger partial charge on any atom is -0.378 e. The zero-order valence-electron chi connectivity index (χ0n) is 31.4. The Morgan fingerprint density at radius 1 is 0.614 bits per heavy atom. The fourth-order valence-corrected chi connectivity index (χ4v) is 4.97. The van der Waals surface area contributed by atoms with Gasteiger partial charge >= 0.3 is 0 Å². The summed E-state index contributed by atoms with van der Waals surface area (Å²) >= 11 is 0. The molecule has 4 atom stereocenters. The molecule has 0 N–H and O–H groups in total. The largest absolute Gasteiger partial charge is 0.378 e. The highest BCUT2D eigenvalue weighted by Crippen LogP contribution is 2.20. The summed E-state index contributed by atoms with van der Waals surface area (Å²) in [5.41, 5.74) is 2.71. The van der Waals surface area contributed by atoms with Crippen molar-refractivity contribution >= 4 is 0 Å². The van der Waals surface area contributed by atoms with Crippen LogP contribution >= 0.6 is 0 Å². The number of allylic oxidation sites excluding steroid dienone is 10. The standard InChI is InChI=1S/C42H74O2/c1-35(23-15-25-37(3)27-17-29-39(5)31-19-33-41(7,8)43-11)21-13-14-22-36(2)24-16-26-38(4)28-18-30-40(6)32-20-34-42(9,10)44-12/h13-14,17,19-20,26-27,30-32,35-37,39H,15-16,18,21-25,28-29,33-34H2,1-12H3/b14-13+,27-17+,31-19+,32-20+,38-26+,40-30+. The van der Waals surface area contributed by atoms with Gasteiger partial charge in [-0.05, 0) is 129 Å². The van der Waals surface area contributed by atoms with Crippen molar-refractivity contribution in [3.63, 3.8) is 0 Å². The molecule has 0 heterocycles. The summed E-state index contributed by atoms with van der Waals surface area (Å²) < 4.78 is 11.0. The third-order valence-corrected chi connectivity index (χ3v) is 8.90. The minimum absolute atomic E-state index is 0.0675. The maximum Gasteiger partial charge on any atom is 0.0657 e. The zero-order chi connectivity index (χ0) is 33.4. The van der Waals surface area contributed by atoms with Crippen molar-refractivity contribution in [3.8, 4) is 0 Å². The third kappa shape index (κ3) is 25.7. The molecule has 254 valence electrons. The highest BCUT2D eigenvalue weighted by atomic mass is 16.5. The van der Waals surface area contributed by atoms with Crippen molar-refractivity contribution in [2.75, 3.05) is 14.2 Å². The van der Waals surface area contributed by atoms with Crippen LogP contribution in [0.25, 0.3) is 0 Å². The first-order chi connectivity index (χ1) is 20.7. The Kier molecular flexibility index (Phi) is 23.7. The Labute approximate surface area is 276 Å². The molecule has 0 spiro atoms. The molecule has 4 unspecified atom stereocenters. The van der Waals surface area contributed by atoms with Crippen LogP contribution in [0, 0.1) is 23.7 Å². The van der Waals surface area contributed by atoms with Gasteiger partial charge in [0, 0.05) is 14.2 Å². The molecule has 0 aliphatic heterocycles. The lowest BCUT2D eigenvalue weighted by atomic mass is 9.95. The van der Waals surface area contributed by atoms with Gasteiger partial charge in [-0.25, -0.2) is 0 Å². The van der Waals surface area contributed by atoms with Crippen LogP contribution in [0.15, 0.2) is 71.9 Å². The molecule has 0 bridgehead atoms. The van der Waals surface area contributed by atoms with Gasteiger partial charge < -0.3 is 9.47 Å². The molecule has 0 aliphatic rings. The first-order valence-electron chi connectivity index (χ1n) is 17.8. The van der Waals surface area contributed by atoms with E-state index in [-0.39, 0.29) is 11.2 Å². The van der Waals surface area contributed by atoms with Crippen LogP contribution in [-0.2, 0) is 9.47 Å². The maximum atomic E-state index is 5.49. The number of hydrogen-bond donors (Lipinski definition) is 0. The second kappa shape index (κ2) is 24.6. The van der Waals surface area contributed by atoms with E-state index < -0.39 is 0 Å². The molecule has 0 aromatic carbocycles. The predicted octanol–water partition coefficient (Wildman–Crippen LogP) is 13.2. The van der Waals surface area contributed by atoms with Crippen molar-refractivity contribution in [2.24, 2.45) is 23.7 Å². The molecule has 0 aliphatic carbocycles. The maximum absolute atomic E-state index is 5.49. The van der Waals surface area contributed by atoms with Crippen LogP contribution < -0.4 is 0 Å². The van der Waals surface area contributed by atoms with E-state index in [1.807, 2.05) is 0 Å². The van der Waals surface area contributed by atoms with E-state index in [4.69, 9.17) is 9.47 Å². The van der Waals surface area contributed by atoms with E-state index >= 15 is 0 Å². The monoisotopic (exact) mass is 611 g/mol. The summed E-state index contributed by atoms with van der Waals surface area (Å²) in [6.45, 7) is 22.5. The molecule has 0 saturated carbocycles. The summed E-state index contributed by atoms with van der Waals surface area (Å²) in [5.74, 6) is 2.77. The van der Waals surface area contributed by atoms with Gasteiger partial charge in [-0.2, -0.15) is 0 Å². The minimum atomic E-state index is -0.0846. The first-order valence-corrected chi connectivity index (χ1v) is 17.8. The number of rotatable bonds is 25. The molecular formula is C42H74O2. The van der Waals surface area contributed by atoms with E-state index in [2.05, 4.69) is 130 Å². The Bertz CT molecular complexity index is 895. The summed E-state index contributed by atoms with van der Waals surface area (Å²) in [6.07, 6.45) is 37.7. The first kappa shape index (κ1) is 42.4. The van der Waals surface area contributed by atoms with Gasteiger partial charge in [-0.1, -0.05) is 112 Å². The van der Waals surface area contributed by atoms with Crippen molar-refractivity contribution in [2.45, 2.75) is 157 Å². The van der Waals surface area contributed by atoms with Crippen LogP contribution in [0.4, 0.5) is 0 Å². The molecule has 0 saturated heterocycles. The van der Waals surface area contributed by atoms with Gasteiger partial charge in [0.05, 0.1) is 11.2 Å². The van der Waals surface area contributed by atoms with Gasteiger partial charge in [-0.3, -0.25) is 0 Å². The molecule has 2 heteroatoms. The van der Waals surface area contributed by atoms with Gasteiger partial charge in [0.1, 0.15) is 0 Å². The quantitative estimate of drug-likeness (QED) is 0.0756. The normalized spacial score (nSPS) is 17.0. The van der Waals surface area contributed by atoms with Crippen LogP contribution in [0.5, 0.6) is 0 Å². The SMILES string of the molecule is COC(C)(C)C/C=C/C(C)=C/CC/C(C)=C/CCC(C)C/C=C/CC(C)CCCC(C)/C=C/CC(C)/C=C/CC(C)(C)OC. The average Bonchev–Trinajstić information content (AvgIpc) is 2.95. The summed E-state index contributed by atoms with van der Waals surface area (Å²) in [4.78, 5) is 0. The Morgan fingerprint density at radius 2 is 1.18 bits per heavy atom. The lowest BCUT2D eigenvalue weighted by Gasteiger charge is -2.20. The van der Waals surface area contributed by atoms with E-state index in [0.717, 1.165) is 43.9 Å². The van der Waals surface area contributed by atoms with E-state index in [0.29, 0.717) is 11.8 Å². The number of ether oxygens (including phenoxy) is 2. The smallest absolute Gasteiger partial charge is 0.0657 e. The van der Waals surface area contributed by atoms with Gasteiger partial charge in [0.25, 0.3) is 0 Å². The molecule has 44 heavy (non-hydrogen) atoms. The second-order valence-corrected chi connectivity index (χ2v) is 15.0. The molecule has 0 aromatic heterocycles. The van der Waals surface area contributed by atoms with Crippen molar-refractivity contribution in [1.82, 2.24) is 0 Å². The molecule has 0 amide bonds. The molecule has 0 fully saturated rings. The average molecular weight is 611 g/mol. The van der Waals surface area contributed by atoms with E-state index in [1.165, 1.54) is 56.1 Å². The molecule has 0 aromatic rings. The Balaban J connectivity index is 4.08. The molecular weight excluding hydrogens is 536 g/mol. The van der Waals surface area contributed by atoms with Crippen LogP contribution in [0.1, 0.15) is 146 Å². The van der Waals surface area contributed by atoms with E-state index in [9.17, 15) is 0 Å². The van der Waals surface area contributed by atoms with Crippen LogP contribution in [0.3, 0.4) is 0 Å². The van der Waals surface area contributed by atoms with Crippen molar-refractivity contribution in [1.29, 1.82) is 0 Å². The number of methoxy groups -OCH3 is 2. The lowest BCUT2D eigenvalue weighted by Crippen LogP contribution is -2.20. The van der Waals surface area contributed by atoms with Gasteiger partial charge in [-0.15, -0.1) is 0 Å². The van der Waals surface area contributed by atoms with Crippen molar-refractivity contribution in [3.05, 3.63) is 71.9 Å². The van der Waals surface area contributed by atoms with Crippen LogP contribution in [-0.4, -0.2) is 25.4 Å². The Morgan fingerprint density at radius 3 is 1.80 bits per heavy atom. The van der Waals surface area contributed by atoms with Gasteiger partial charge in [0.15, 0.2) is 0 Å². The van der Waals surface area contributed by atoms with Crippen molar-refractivity contribution < 1.29 is 9.47 Å². The zero-order valence-corrected chi connectivity index (χ0v) is 31.4. The third-order valence-electron chi connectivity index (χ3n) is 8.90. The highest BCUT2D eigenvalue weighted by Gasteiger charge is 2.14. The second-order valence-electron chi connectivity index (χ2n) is 15.0. The summed E-state index contributed by atoms with van der Waals surface area (Å²) in [6, 6.07) is 0. The highest BCUT2D eigenvalue weighted by molar-refractivity contribution is 5.17. The number of hydrogen-bond acceptors (Lipinski definition) is 2. The molecule has 2 nitrogen and oxygen atoms in total. The Hall–Kier alpha value is -1.64. The van der Waals surface area contributed by atoms with Crippen LogP contribution in [0.2, 0.25) is 0 Å². The fraction of sp³-hybridized carbons (Fsp3) is 0.714. The molecule has 0 rings (SSSR count). The fourth-order valence-electron chi connectivity index (χ4n) is 4.97. The molecule has 0 radical (unpaired) electrons. The summed E-state index contributed by atoms with van der Waals surface area (Å²) in [7, 11) is 3.57. The topological polar surface area (TPSA) is 18.5 Å². The summed E-state index contributed by atoms with van der Waals surface area (Å²) in [5, 5.41) is 0. The predicted molar refractivity (Wildman–Crippen MR) is 198 cm³/mol. The van der Waals surface area contributed by atoms with E-state index in [1.54, 1.807) is 14.2 Å². The lowest BCUT2D eigenvalue weighted by molar-refractivity contribution is 0.0251.